The minimum atomic E-state index is -1.13. The van der Waals surface area contributed by atoms with Crippen molar-refractivity contribution in [2.75, 3.05) is 13.1 Å². The molecule has 1 aliphatic heterocycles. The number of carboxylic acid groups (broad SMARTS) is 1. The average Bonchev–Trinajstić information content (AvgIpc) is 2.90. The van der Waals surface area contributed by atoms with Crippen molar-refractivity contribution in [2.45, 2.75) is 39.5 Å². The molecule has 1 aromatic carbocycles. The largest absolute Gasteiger partial charge is 0.480 e. The third-order valence-electron chi connectivity index (χ3n) is 5.39. The number of ketones is 2. The lowest BCUT2D eigenvalue weighted by atomic mass is 9.69. The number of benzene rings is 1. The number of carboxylic acids is 1. The van der Waals surface area contributed by atoms with E-state index in [4.69, 9.17) is 5.11 Å². The van der Waals surface area contributed by atoms with E-state index in [1.165, 1.54) is 0 Å². The van der Waals surface area contributed by atoms with Crippen molar-refractivity contribution < 1.29 is 29.1 Å². The normalized spacial score (nSPS) is 21.8. The third-order valence-corrected chi connectivity index (χ3v) is 5.39. The van der Waals surface area contributed by atoms with Gasteiger partial charge in [0.2, 0.25) is 0 Å². The molecule has 2 amide bonds. The van der Waals surface area contributed by atoms with Crippen molar-refractivity contribution in [3.05, 3.63) is 35.4 Å². The first-order valence-corrected chi connectivity index (χ1v) is 9.86. The van der Waals surface area contributed by atoms with Gasteiger partial charge in [-0.1, -0.05) is 26.0 Å². The van der Waals surface area contributed by atoms with E-state index in [2.05, 4.69) is 4.99 Å². The number of carbonyl (C=O) groups excluding carboxylic acids is 4. The van der Waals surface area contributed by atoms with Crippen molar-refractivity contribution in [1.82, 2.24) is 4.90 Å². The van der Waals surface area contributed by atoms with Crippen LogP contribution in [0.1, 0.15) is 60.2 Å². The van der Waals surface area contributed by atoms with Gasteiger partial charge in [-0.05, 0) is 30.4 Å². The lowest BCUT2D eigenvalue weighted by molar-refractivity contribution is -0.136. The molecule has 2 aliphatic rings. The van der Waals surface area contributed by atoms with Gasteiger partial charge in [0.05, 0.1) is 11.1 Å². The predicted octanol–water partition coefficient (Wildman–Crippen LogP) is 2.16. The van der Waals surface area contributed by atoms with Gasteiger partial charge >= 0.3 is 5.97 Å². The Hall–Kier alpha value is -3.16. The Bertz CT molecular complexity index is 927. The summed E-state index contributed by atoms with van der Waals surface area (Å²) in [5.74, 6) is -3.56. The van der Waals surface area contributed by atoms with Gasteiger partial charge in [0.25, 0.3) is 11.8 Å². The summed E-state index contributed by atoms with van der Waals surface area (Å²) >= 11 is 0. The molecule has 8 nitrogen and oxygen atoms in total. The van der Waals surface area contributed by atoms with Gasteiger partial charge in [-0.15, -0.1) is 0 Å². The number of aliphatic carboxylic acids is 1. The van der Waals surface area contributed by atoms with Crippen molar-refractivity contribution in [3.8, 4) is 0 Å². The van der Waals surface area contributed by atoms with E-state index in [1.54, 1.807) is 24.3 Å². The molecule has 1 saturated carbocycles. The van der Waals surface area contributed by atoms with Crippen LogP contribution in [0.3, 0.4) is 0 Å². The first kappa shape index (κ1) is 21.5. The number of aliphatic imine (C=N–C) groups is 1. The molecule has 1 N–H and O–H groups in total. The summed E-state index contributed by atoms with van der Waals surface area (Å²) in [6, 6.07) is 6.55. The molecule has 158 valence electrons. The molecule has 0 spiro atoms. The summed E-state index contributed by atoms with van der Waals surface area (Å²) in [5.41, 5.74) is 0.623. The zero-order valence-corrected chi connectivity index (χ0v) is 17.0. The van der Waals surface area contributed by atoms with Crippen LogP contribution in [0.15, 0.2) is 29.3 Å². The highest BCUT2D eigenvalue weighted by molar-refractivity contribution is 6.23. The number of hydrogen-bond donors (Lipinski definition) is 1. The average molecular weight is 412 g/mol. The fourth-order valence-corrected chi connectivity index (χ4v) is 4.09. The first-order valence-electron chi connectivity index (χ1n) is 9.86. The number of hydrogen-bond acceptors (Lipinski definition) is 6. The van der Waals surface area contributed by atoms with Crippen LogP contribution in [-0.2, 0) is 14.4 Å². The molecule has 3 rings (SSSR count). The predicted molar refractivity (Wildman–Crippen MR) is 107 cm³/mol. The number of fused-ring (bicyclic) bond motifs is 1. The molecular weight excluding hydrogens is 388 g/mol. The van der Waals surface area contributed by atoms with Crippen molar-refractivity contribution in [2.24, 2.45) is 16.3 Å². The van der Waals surface area contributed by atoms with Crippen LogP contribution in [0, 0.1) is 11.3 Å². The Kier molecular flexibility index (Phi) is 5.96. The molecular formula is C22H24N2O6. The standard InChI is InChI=1S/C22H24N2O6/c1-22(2)10-15(23-12-18(27)28)19(17(26)11-22)16(25)8-5-9-24-20(29)13-6-3-4-7-14(13)21(24)30/h3-4,6-7,19H,5,8-12H2,1-2H3,(H,27,28). The van der Waals surface area contributed by atoms with E-state index in [0.29, 0.717) is 23.3 Å². The summed E-state index contributed by atoms with van der Waals surface area (Å²) < 4.78 is 0. The molecule has 0 saturated heterocycles. The summed E-state index contributed by atoms with van der Waals surface area (Å²) in [6.07, 6.45) is 0.814. The molecule has 0 bridgehead atoms. The number of nitrogens with zero attached hydrogens (tertiary/aromatic N) is 2. The fourth-order valence-electron chi connectivity index (χ4n) is 4.09. The van der Waals surface area contributed by atoms with E-state index in [-0.39, 0.29) is 54.6 Å². The van der Waals surface area contributed by atoms with Gasteiger partial charge in [-0.2, -0.15) is 0 Å². The van der Waals surface area contributed by atoms with Crippen molar-refractivity contribution in [1.29, 1.82) is 0 Å². The van der Waals surface area contributed by atoms with Gasteiger partial charge in [0, 0.05) is 25.1 Å². The molecule has 0 aromatic heterocycles. The minimum Gasteiger partial charge on any atom is -0.480 e. The van der Waals surface area contributed by atoms with Crippen LogP contribution in [0.2, 0.25) is 0 Å². The fraction of sp³-hybridized carbons (Fsp3) is 0.455. The Balaban J connectivity index is 1.65. The van der Waals surface area contributed by atoms with Gasteiger partial charge in [0.15, 0.2) is 0 Å². The summed E-state index contributed by atoms with van der Waals surface area (Å²) in [5, 5.41) is 8.91. The van der Waals surface area contributed by atoms with Crippen molar-refractivity contribution in [3.63, 3.8) is 0 Å². The zero-order chi connectivity index (χ0) is 22.1. The Morgan fingerprint density at radius 2 is 1.70 bits per heavy atom. The summed E-state index contributed by atoms with van der Waals surface area (Å²) in [6.45, 7) is 3.35. The second-order valence-corrected chi connectivity index (χ2v) is 8.50. The van der Waals surface area contributed by atoms with E-state index < -0.39 is 18.4 Å². The smallest absolute Gasteiger partial charge is 0.325 e. The number of carbonyl (C=O) groups is 5. The Morgan fingerprint density at radius 3 is 2.27 bits per heavy atom. The minimum absolute atomic E-state index is 0.00364. The molecule has 0 radical (unpaired) electrons. The number of rotatable bonds is 7. The molecule has 1 atom stereocenters. The third kappa shape index (κ3) is 4.37. The molecule has 1 fully saturated rings. The van der Waals surface area contributed by atoms with E-state index in [0.717, 1.165) is 4.90 Å². The summed E-state index contributed by atoms with van der Waals surface area (Å²) in [7, 11) is 0. The van der Waals surface area contributed by atoms with Gasteiger partial charge < -0.3 is 5.11 Å². The Morgan fingerprint density at radius 1 is 1.10 bits per heavy atom. The quantitative estimate of drug-likeness (QED) is 0.541. The maximum atomic E-state index is 12.8. The molecule has 1 aromatic rings. The number of Topliss-reactive ketones (excluding diaryl/α,β-unsaturated/α-hetero) is 2. The highest BCUT2D eigenvalue weighted by Crippen LogP contribution is 2.35. The highest BCUT2D eigenvalue weighted by atomic mass is 16.4. The first-order chi connectivity index (χ1) is 14.1. The van der Waals surface area contributed by atoms with Gasteiger partial charge in [-0.3, -0.25) is 33.9 Å². The number of imide groups is 1. The molecule has 1 unspecified atom stereocenters. The molecule has 1 heterocycles. The van der Waals surface area contributed by atoms with Crippen LogP contribution < -0.4 is 0 Å². The second-order valence-electron chi connectivity index (χ2n) is 8.50. The highest BCUT2D eigenvalue weighted by Gasteiger charge is 2.41. The van der Waals surface area contributed by atoms with E-state index in [9.17, 15) is 24.0 Å². The molecule has 1 aliphatic carbocycles. The van der Waals surface area contributed by atoms with Gasteiger partial charge in [0.1, 0.15) is 24.0 Å². The molecule has 8 heteroatoms. The van der Waals surface area contributed by atoms with E-state index >= 15 is 0 Å². The zero-order valence-electron chi connectivity index (χ0n) is 17.0. The Labute approximate surface area is 174 Å². The van der Waals surface area contributed by atoms with E-state index in [1.807, 2.05) is 13.8 Å². The second kappa shape index (κ2) is 8.30. The lowest BCUT2D eigenvalue weighted by Gasteiger charge is -2.34. The monoisotopic (exact) mass is 412 g/mol. The maximum absolute atomic E-state index is 12.8. The summed E-state index contributed by atoms with van der Waals surface area (Å²) in [4.78, 5) is 66.2. The molecule has 30 heavy (non-hydrogen) atoms. The van der Waals surface area contributed by atoms with Crippen molar-refractivity contribution >= 4 is 35.1 Å². The van der Waals surface area contributed by atoms with Crippen LogP contribution in [0.5, 0.6) is 0 Å². The van der Waals surface area contributed by atoms with Crippen LogP contribution in [0.4, 0.5) is 0 Å². The van der Waals surface area contributed by atoms with Crippen LogP contribution in [-0.4, -0.2) is 58.2 Å². The SMILES string of the molecule is CC1(C)CC(=O)C(C(=O)CCCN2C(=O)c3ccccc3C2=O)C(=NCC(=O)O)C1. The topological polar surface area (TPSA) is 121 Å². The van der Waals surface area contributed by atoms with Crippen LogP contribution in [0.25, 0.3) is 0 Å². The maximum Gasteiger partial charge on any atom is 0.325 e. The number of amides is 2. The van der Waals surface area contributed by atoms with Crippen LogP contribution >= 0.6 is 0 Å². The van der Waals surface area contributed by atoms with Gasteiger partial charge in [-0.25, -0.2) is 0 Å². The lowest BCUT2D eigenvalue weighted by Crippen LogP contribution is -2.42.